The number of hydrogen-bond donors (Lipinski definition) is 1. The molecule has 0 aliphatic carbocycles. The van der Waals surface area contributed by atoms with Crippen LogP contribution in [-0.2, 0) is 4.79 Å². The third kappa shape index (κ3) is 3.97. The van der Waals surface area contributed by atoms with Crippen LogP contribution in [0.4, 0.5) is 0 Å². The summed E-state index contributed by atoms with van der Waals surface area (Å²) in [5, 5.41) is 3.37. The molecule has 1 N–H and O–H groups in total. The number of nitrogens with one attached hydrogen (secondary N) is 1. The van der Waals surface area contributed by atoms with E-state index in [4.69, 9.17) is 16.0 Å². The zero-order valence-electron chi connectivity index (χ0n) is 13.3. The van der Waals surface area contributed by atoms with Gasteiger partial charge in [-0.3, -0.25) is 9.59 Å². The van der Waals surface area contributed by atoms with Gasteiger partial charge in [0.25, 0.3) is 5.91 Å². The number of rotatable bonds is 5. The van der Waals surface area contributed by atoms with Crippen molar-refractivity contribution in [2.24, 2.45) is 0 Å². The molecule has 24 heavy (non-hydrogen) atoms. The molecule has 0 saturated carbocycles. The van der Waals surface area contributed by atoms with Crippen molar-refractivity contribution in [3.05, 3.63) is 47.2 Å². The summed E-state index contributed by atoms with van der Waals surface area (Å²) in [6, 6.07) is 10.6. The summed E-state index contributed by atoms with van der Waals surface area (Å²) in [6.07, 6.45) is 2.45. The topological polar surface area (TPSA) is 62.6 Å². The predicted molar refractivity (Wildman–Crippen MR) is 91.9 cm³/mol. The standard InChI is InChI=1S/C18H19ClN2O3/c19-14-5-3-13(4-6-14)15-7-8-16(24-15)18(23)20-10-9-17(22)21-11-1-2-12-21/h3-8H,1-2,9-12H2,(H,20,23). The molecule has 0 atom stereocenters. The number of halogens is 1. The molecular weight excluding hydrogens is 328 g/mol. The fourth-order valence-corrected chi connectivity index (χ4v) is 2.85. The maximum Gasteiger partial charge on any atom is 0.287 e. The van der Waals surface area contributed by atoms with Crippen LogP contribution in [0.3, 0.4) is 0 Å². The van der Waals surface area contributed by atoms with Crippen LogP contribution >= 0.6 is 11.6 Å². The highest BCUT2D eigenvalue weighted by Gasteiger charge is 2.18. The van der Waals surface area contributed by atoms with Crippen molar-refractivity contribution < 1.29 is 14.0 Å². The minimum atomic E-state index is -0.315. The Morgan fingerprint density at radius 2 is 1.79 bits per heavy atom. The van der Waals surface area contributed by atoms with Crippen molar-refractivity contribution in [1.29, 1.82) is 0 Å². The van der Waals surface area contributed by atoms with Gasteiger partial charge in [0.2, 0.25) is 5.91 Å². The molecule has 2 heterocycles. The number of nitrogens with zero attached hydrogens (tertiary/aromatic N) is 1. The lowest BCUT2D eigenvalue weighted by atomic mass is 10.2. The van der Waals surface area contributed by atoms with Crippen molar-refractivity contribution >= 4 is 23.4 Å². The first-order chi connectivity index (χ1) is 11.6. The third-order valence-electron chi connectivity index (χ3n) is 4.04. The van der Waals surface area contributed by atoms with E-state index in [1.165, 1.54) is 0 Å². The summed E-state index contributed by atoms with van der Waals surface area (Å²) in [4.78, 5) is 25.9. The van der Waals surface area contributed by atoms with Crippen molar-refractivity contribution in [2.75, 3.05) is 19.6 Å². The number of benzene rings is 1. The third-order valence-corrected chi connectivity index (χ3v) is 4.29. The minimum Gasteiger partial charge on any atom is -0.451 e. The SMILES string of the molecule is O=C(NCCC(=O)N1CCCC1)c1ccc(-c2ccc(Cl)cc2)o1. The Morgan fingerprint density at radius 1 is 1.08 bits per heavy atom. The molecule has 1 aromatic carbocycles. The second kappa shape index (κ2) is 7.53. The molecule has 3 rings (SSSR count). The fraction of sp³-hybridized carbons (Fsp3) is 0.333. The van der Waals surface area contributed by atoms with Crippen molar-refractivity contribution in [2.45, 2.75) is 19.3 Å². The summed E-state index contributed by atoms with van der Waals surface area (Å²) >= 11 is 5.86. The van der Waals surface area contributed by atoms with Crippen molar-refractivity contribution in [3.8, 4) is 11.3 Å². The molecule has 1 aromatic heterocycles. The average Bonchev–Trinajstić information content (AvgIpc) is 3.27. The number of furan rings is 1. The van der Waals surface area contributed by atoms with Gasteiger partial charge >= 0.3 is 0 Å². The van der Waals surface area contributed by atoms with E-state index < -0.39 is 0 Å². The molecule has 0 spiro atoms. The van der Waals surface area contributed by atoms with E-state index in [1.807, 2.05) is 17.0 Å². The van der Waals surface area contributed by atoms with E-state index in [1.54, 1.807) is 24.3 Å². The molecule has 0 bridgehead atoms. The molecule has 1 aliphatic rings. The molecule has 6 heteroatoms. The first kappa shape index (κ1) is 16.6. The van der Waals surface area contributed by atoms with E-state index in [0.717, 1.165) is 31.5 Å². The van der Waals surface area contributed by atoms with E-state index in [2.05, 4.69) is 5.32 Å². The lowest BCUT2D eigenvalue weighted by Gasteiger charge is -2.14. The Balaban J connectivity index is 1.52. The molecule has 1 saturated heterocycles. The summed E-state index contributed by atoms with van der Waals surface area (Å²) < 4.78 is 5.58. The van der Waals surface area contributed by atoms with Gasteiger partial charge in [-0.25, -0.2) is 0 Å². The van der Waals surface area contributed by atoms with Gasteiger partial charge in [-0.1, -0.05) is 11.6 Å². The summed E-state index contributed by atoms with van der Waals surface area (Å²) in [5.41, 5.74) is 0.850. The first-order valence-corrected chi connectivity index (χ1v) is 8.43. The van der Waals surface area contributed by atoms with Crippen LogP contribution < -0.4 is 5.32 Å². The van der Waals surface area contributed by atoms with Gasteiger partial charge in [-0.2, -0.15) is 0 Å². The van der Waals surface area contributed by atoms with Gasteiger partial charge in [0.05, 0.1) is 0 Å². The molecular formula is C18H19ClN2O3. The average molecular weight is 347 g/mol. The maximum atomic E-state index is 12.1. The number of carbonyl (C=O) groups excluding carboxylic acids is 2. The van der Waals surface area contributed by atoms with Crippen molar-refractivity contribution in [3.63, 3.8) is 0 Å². The number of carbonyl (C=O) groups is 2. The van der Waals surface area contributed by atoms with Gasteiger partial charge in [0.1, 0.15) is 5.76 Å². The van der Waals surface area contributed by atoms with Gasteiger partial charge in [0.15, 0.2) is 5.76 Å². The molecule has 1 fully saturated rings. The lowest BCUT2D eigenvalue weighted by Crippen LogP contribution is -2.32. The fourth-order valence-electron chi connectivity index (χ4n) is 2.72. The molecule has 1 aliphatic heterocycles. The van der Waals surface area contributed by atoms with Crippen molar-refractivity contribution in [1.82, 2.24) is 10.2 Å². The predicted octanol–water partition coefficient (Wildman–Crippen LogP) is 3.34. The Hall–Kier alpha value is -2.27. The van der Waals surface area contributed by atoms with Crippen LogP contribution in [0.15, 0.2) is 40.8 Å². The smallest absolute Gasteiger partial charge is 0.287 e. The Morgan fingerprint density at radius 3 is 2.50 bits per heavy atom. The van der Waals surface area contributed by atoms with Crippen LogP contribution in [0, 0.1) is 0 Å². The molecule has 2 amide bonds. The highest BCUT2D eigenvalue weighted by atomic mass is 35.5. The largest absolute Gasteiger partial charge is 0.451 e. The van der Waals surface area contributed by atoms with E-state index in [-0.39, 0.29) is 17.6 Å². The zero-order chi connectivity index (χ0) is 16.9. The minimum absolute atomic E-state index is 0.0918. The van der Waals surface area contributed by atoms with Crippen LogP contribution in [0.5, 0.6) is 0 Å². The zero-order valence-corrected chi connectivity index (χ0v) is 14.0. The summed E-state index contributed by atoms with van der Waals surface area (Å²) in [5.74, 6) is 0.608. The Labute approximate surface area is 145 Å². The van der Waals surface area contributed by atoms with Crippen LogP contribution in [-0.4, -0.2) is 36.3 Å². The summed E-state index contributed by atoms with van der Waals surface area (Å²) in [7, 11) is 0. The highest BCUT2D eigenvalue weighted by Crippen LogP contribution is 2.23. The first-order valence-electron chi connectivity index (χ1n) is 8.05. The summed E-state index contributed by atoms with van der Waals surface area (Å²) in [6.45, 7) is 1.97. The molecule has 0 radical (unpaired) electrons. The molecule has 5 nitrogen and oxygen atoms in total. The number of likely N-dealkylation sites (tertiary alicyclic amines) is 1. The second-order valence-corrected chi connectivity index (χ2v) is 6.20. The highest BCUT2D eigenvalue weighted by molar-refractivity contribution is 6.30. The maximum absolute atomic E-state index is 12.1. The molecule has 0 unspecified atom stereocenters. The Bertz CT molecular complexity index is 718. The second-order valence-electron chi connectivity index (χ2n) is 5.76. The van der Waals surface area contributed by atoms with Crippen LogP contribution in [0.2, 0.25) is 5.02 Å². The van der Waals surface area contributed by atoms with Crippen LogP contribution in [0.1, 0.15) is 29.8 Å². The number of hydrogen-bond acceptors (Lipinski definition) is 3. The van der Waals surface area contributed by atoms with Gasteiger partial charge in [-0.05, 0) is 49.2 Å². The van der Waals surface area contributed by atoms with Crippen LogP contribution in [0.25, 0.3) is 11.3 Å². The normalized spacial score (nSPS) is 14.0. The monoisotopic (exact) mass is 346 g/mol. The van der Waals surface area contributed by atoms with Gasteiger partial charge in [-0.15, -0.1) is 0 Å². The van der Waals surface area contributed by atoms with E-state index in [9.17, 15) is 9.59 Å². The van der Waals surface area contributed by atoms with E-state index >= 15 is 0 Å². The molecule has 126 valence electrons. The lowest BCUT2D eigenvalue weighted by molar-refractivity contribution is -0.129. The van der Waals surface area contributed by atoms with Gasteiger partial charge in [0, 0.05) is 36.6 Å². The Kier molecular flexibility index (Phi) is 5.20. The molecule has 2 aromatic rings. The van der Waals surface area contributed by atoms with Gasteiger partial charge < -0.3 is 14.6 Å². The number of amides is 2. The van der Waals surface area contributed by atoms with E-state index in [0.29, 0.717) is 23.7 Å². The quantitative estimate of drug-likeness (QED) is 0.903.